The van der Waals surface area contributed by atoms with Crippen LogP contribution in [0.3, 0.4) is 0 Å². The molecule has 3 aliphatic rings. The van der Waals surface area contributed by atoms with E-state index in [1.54, 1.807) is 11.8 Å². The minimum Gasteiger partial charge on any atom is -0.504 e. The van der Waals surface area contributed by atoms with Gasteiger partial charge < -0.3 is 10.8 Å². The maximum atomic E-state index is 15.3. The molecule has 0 bridgehead atoms. The lowest BCUT2D eigenvalue weighted by Gasteiger charge is -2.37. The minimum atomic E-state index is -3.29. The zero-order valence-electron chi connectivity index (χ0n) is 17.3. The van der Waals surface area contributed by atoms with E-state index in [0.717, 1.165) is 0 Å². The van der Waals surface area contributed by atoms with Gasteiger partial charge in [-0.1, -0.05) is 6.92 Å². The third-order valence-corrected chi connectivity index (χ3v) is 6.94. The average molecular weight is 464 g/mol. The number of halogens is 5. The van der Waals surface area contributed by atoms with Crippen LogP contribution in [-0.2, 0) is 0 Å². The van der Waals surface area contributed by atoms with Crippen molar-refractivity contribution in [2.45, 2.75) is 63.1 Å². The summed E-state index contributed by atoms with van der Waals surface area (Å²) in [5.41, 5.74) is 4.16. The van der Waals surface area contributed by atoms with Crippen LogP contribution in [0.5, 0.6) is 0 Å². The van der Waals surface area contributed by atoms with E-state index in [2.05, 4.69) is 4.98 Å². The van der Waals surface area contributed by atoms with Gasteiger partial charge in [-0.25, -0.2) is 26.7 Å². The molecule has 7 nitrogen and oxygen atoms in total. The lowest BCUT2D eigenvalue weighted by atomic mass is 9.85. The van der Waals surface area contributed by atoms with Crippen LogP contribution in [0.25, 0.3) is 5.76 Å². The van der Waals surface area contributed by atoms with Crippen molar-refractivity contribution in [3.63, 3.8) is 0 Å². The fourth-order valence-corrected chi connectivity index (χ4v) is 5.18. The Balaban J connectivity index is 1.67. The second kappa shape index (κ2) is 8.29. The number of hydrogen-bond acceptors (Lipinski definition) is 5. The second-order valence-corrected chi connectivity index (χ2v) is 8.92. The molecule has 0 aromatic carbocycles. The van der Waals surface area contributed by atoms with Crippen molar-refractivity contribution in [3.8, 4) is 0 Å². The Bertz CT molecular complexity index is 1030. The molecule has 0 amide bonds. The van der Waals surface area contributed by atoms with Crippen LogP contribution >= 0.6 is 0 Å². The molecule has 2 fully saturated rings. The Morgan fingerprint density at radius 2 is 1.75 bits per heavy atom. The van der Waals surface area contributed by atoms with E-state index in [1.165, 1.54) is 4.57 Å². The van der Waals surface area contributed by atoms with Gasteiger partial charge in [-0.3, -0.25) is 19.2 Å². The molecule has 12 heteroatoms. The fraction of sp³-hybridized carbons (Fsp3) is 0.700. The second-order valence-electron chi connectivity index (χ2n) is 8.92. The van der Waals surface area contributed by atoms with Crippen molar-refractivity contribution in [1.82, 2.24) is 14.5 Å². The molecule has 1 aromatic heterocycles. The first-order valence-corrected chi connectivity index (χ1v) is 10.6. The van der Waals surface area contributed by atoms with E-state index in [0.29, 0.717) is 12.8 Å². The monoisotopic (exact) mass is 464 g/mol. The third kappa shape index (κ3) is 3.66. The molecule has 4 atom stereocenters. The number of rotatable bonds is 6. The van der Waals surface area contributed by atoms with Crippen LogP contribution < -0.4 is 17.0 Å². The highest BCUT2D eigenvalue weighted by Gasteiger charge is 2.47. The predicted octanol–water partition coefficient (Wildman–Crippen LogP) is 2.35. The van der Waals surface area contributed by atoms with Gasteiger partial charge >= 0.3 is 5.69 Å². The SMILES string of the molecule is CC1c2c(c(=O)[nH]c(=O)n2C2CC2)C(O)=C(F)C1N1CCC(C(N)C(C(F)F)C(F)F)C1. The number of nitrogens with two attached hydrogens (primary N) is 1. The number of fused-ring (bicyclic) bond motifs is 1. The van der Waals surface area contributed by atoms with Crippen molar-refractivity contribution in [2.75, 3.05) is 13.1 Å². The summed E-state index contributed by atoms with van der Waals surface area (Å²) in [7, 11) is 0. The van der Waals surface area contributed by atoms with Crippen molar-refractivity contribution in [3.05, 3.63) is 37.9 Å². The fourth-order valence-electron chi connectivity index (χ4n) is 5.18. The summed E-state index contributed by atoms with van der Waals surface area (Å²) in [5, 5.41) is 10.5. The number of nitrogens with one attached hydrogen (secondary N) is 1. The van der Waals surface area contributed by atoms with Gasteiger partial charge in [-0.15, -0.1) is 0 Å². The summed E-state index contributed by atoms with van der Waals surface area (Å²) in [4.78, 5) is 28.5. The number of aromatic amines is 1. The quantitative estimate of drug-likeness (QED) is 0.561. The lowest BCUT2D eigenvalue weighted by molar-refractivity contribution is -0.0473. The summed E-state index contributed by atoms with van der Waals surface area (Å²) < 4.78 is 69.1. The molecular weight excluding hydrogens is 439 g/mol. The Morgan fingerprint density at radius 3 is 2.31 bits per heavy atom. The van der Waals surface area contributed by atoms with Crippen molar-refractivity contribution >= 4 is 5.76 Å². The summed E-state index contributed by atoms with van der Waals surface area (Å²) in [6.45, 7) is 1.76. The lowest BCUT2D eigenvalue weighted by Crippen LogP contribution is -2.48. The third-order valence-electron chi connectivity index (χ3n) is 6.94. The number of H-pyrrole nitrogens is 1. The normalized spacial score (nSPS) is 27.6. The van der Waals surface area contributed by atoms with E-state index < -0.39 is 65.5 Å². The number of aromatic nitrogens is 2. The van der Waals surface area contributed by atoms with Crippen LogP contribution in [0.1, 0.15) is 49.4 Å². The highest BCUT2D eigenvalue weighted by Crippen LogP contribution is 2.44. The molecule has 178 valence electrons. The van der Waals surface area contributed by atoms with Crippen molar-refractivity contribution < 1.29 is 27.1 Å². The highest BCUT2D eigenvalue weighted by molar-refractivity contribution is 5.66. The summed E-state index contributed by atoms with van der Waals surface area (Å²) in [5.74, 6) is -5.60. The molecule has 2 heterocycles. The topological polar surface area (TPSA) is 104 Å². The summed E-state index contributed by atoms with van der Waals surface area (Å²) in [6.07, 6.45) is -4.98. The van der Waals surface area contributed by atoms with E-state index in [9.17, 15) is 32.3 Å². The molecule has 1 saturated heterocycles. The molecular formula is C20H25F5N4O3. The Labute approximate surface area is 179 Å². The smallest absolute Gasteiger partial charge is 0.328 e. The molecule has 4 rings (SSSR count). The standard InChI is InChI=1S/C20H25F5N4O3/c1-7-14-11(19(31)27-20(32)29(14)9-2-3-9)16(30)12(21)15(7)28-5-4-8(6-28)13(26)10(17(22)23)18(24)25/h7-10,13,15,17-18,30H,2-6,26H2,1H3,(H,27,31,32). The van der Waals surface area contributed by atoms with Crippen LogP contribution in [-0.4, -0.2) is 57.6 Å². The van der Waals surface area contributed by atoms with Gasteiger partial charge in [0, 0.05) is 30.2 Å². The van der Waals surface area contributed by atoms with Gasteiger partial charge in [-0.2, -0.15) is 0 Å². The number of alkyl halides is 4. The van der Waals surface area contributed by atoms with E-state index >= 15 is 4.39 Å². The molecule has 0 spiro atoms. The van der Waals surface area contributed by atoms with Gasteiger partial charge in [0.05, 0.1) is 12.0 Å². The number of hydrogen-bond donors (Lipinski definition) is 3. The molecule has 32 heavy (non-hydrogen) atoms. The van der Waals surface area contributed by atoms with Crippen molar-refractivity contribution in [1.29, 1.82) is 0 Å². The molecule has 0 radical (unpaired) electrons. The predicted molar refractivity (Wildman–Crippen MR) is 106 cm³/mol. The van der Waals surface area contributed by atoms with Crippen LogP contribution in [0, 0.1) is 11.8 Å². The number of nitrogens with zero attached hydrogens (tertiary/aromatic N) is 2. The molecule has 1 saturated carbocycles. The van der Waals surface area contributed by atoms with Crippen LogP contribution in [0.15, 0.2) is 15.4 Å². The number of likely N-dealkylation sites (tertiary alicyclic amines) is 1. The van der Waals surface area contributed by atoms with Gasteiger partial charge in [0.15, 0.2) is 11.6 Å². The van der Waals surface area contributed by atoms with Gasteiger partial charge in [0.2, 0.25) is 12.9 Å². The van der Waals surface area contributed by atoms with Gasteiger partial charge in [0.1, 0.15) is 5.56 Å². The van der Waals surface area contributed by atoms with Crippen LogP contribution in [0.4, 0.5) is 22.0 Å². The Hall–Kier alpha value is -2.21. The Morgan fingerprint density at radius 1 is 1.12 bits per heavy atom. The number of aliphatic hydroxyl groups is 1. The zero-order chi connectivity index (χ0) is 23.5. The molecule has 1 aromatic rings. The van der Waals surface area contributed by atoms with E-state index in [1.807, 2.05) is 0 Å². The first-order valence-electron chi connectivity index (χ1n) is 10.6. The minimum absolute atomic E-state index is 0.0288. The molecule has 1 aliphatic heterocycles. The molecule has 2 aliphatic carbocycles. The summed E-state index contributed by atoms with van der Waals surface area (Å²) >= 11 is 0. The van der Waals surface area contributed by atoms with Gasteiger partial charge in [-0.05, 0) is 31.7 Å². The van der Waals surface area contributed by atoms with E-state index in [4.69, 9.17) is 5.73 Å². The van der Waals surface area contributed by atoms with Crippen molar-refractivity contribution in [2.24, 2.45) is 17.6 Å². The maximum absolute atomic E-state index is 15.3. The summed E-state index contributed by atoms with van der Waals surface area (Å²) in [6, 6.07) is -2.73. The first-order chi connectivity index (χ1) is 15.0. The van der Waals surface area contributed by atoms with E-state index in [-0.39, 0.29) is 36.8 Å². The largest absolute Gasteiger partial charge is 0.504 e. The Kier molecular flexibility index (Phi) is 5.95. The first kappa shape index (κ1) is 23.0. The highest BCUT2D eigenvalue weighted by atomic mass is 19.3. The molecule has 4 N–H and O–H groups in total. The zero-order valence-corrected chi connectivity index (χ0v) is 17.3. The molecule has 4 unspecified atom stereocenters. The average Bonchev–Trinajstić information content (AvgIpc) is 3.41. The maximum Gasteiger partial charge on any atom is 0.328 e. The van der Waals surface area contributed by atoms with Crippen LogP contribution in [0.2, 0.25) is 0 Å². The van der Waals surface area contributed by atoms with Gasteiger partial charge in [0.25, 0.3) is 5.56 Å². The number of aliphatic hydroxyl groups excluding tert-OH is 1.